The van der Waals surface area contributed by atoms with Crippen molar-refractivity contribution in [1.29, 1.82) is 0 Å². The van der Waals surface area contributed by atoms with E-state index in [1.165, 1.54) is 6.92 Å². The van der Waals surface area contributed by atoms with Crippen molar-refractivity contribution in [3.8, 4) is 11.8 Å². The van der Waals surface area contributed by atoms with Crippen LogP contribution in [0.25, 0.3) is 0 Å². The lowest BCUT2D eigenvalue weighted by Crippen LogP contribution is -2.28. The van der Waals surface area contributed by atoms with Crippen LogP contribution in [0.2, 0.25) is 0 Å². The van der Waals surface area contributed by atoms with Gasteiger partial charge >= 0.3 is 0 Å². The summed E-state index contributed by atoms with van der Waals surface area (Å²) in [6.07, 6.45) is 1.64. The number of sulfone groups is 1. The molecule has 0 aliphatic rings. The molecule has 1 rings (SSSR count). The Kier molecular flexibility index (Phi) is 4.68. The van der Waals surface area contributed by atoms with Crippen LogP contribution >= 0.6 is 0 Å². The Balaban J connectivity index is 2.72. The van der Waals surface area contributed by atoms with Crippen LogP contribution in [0.1, 0.15) is 31.7 Å². The Hall–Kier alpha value is -1.61. The van der Waals surface area contributed by atoms with E-state index >= 15 is 0 Å². The molecule has 0 bridgehead atoms. The number of carbonyl (C=O) groups is 1. The lowest BCUT2D eigenvalue weighted by atomic mass is 10.1. The zero-order chi connectivity index (χ0) is 13.8. The van der Waals surface area contributed by atoms with E-state index < -0.39 is 15.1 Å². The molecule has 0 fully saturated rings. The van der Waals surface area contributed by atoms with Gasteiger partial charge in [0.1, 0.15) is 11.0 Å². The summed E-state index contributed by atoms with van der Waals surface area (Å²) in [6.45, 7) is 2.96. The monoisotopic (exact) mass is 269 g/mol. The fourth-order valence-corrected chi connectivity index (χ4v) is 2.76. The summed E-state index contributed by atoms with van der Waals surface area (Å²) in [5.74, 6) is 5.46. The van der Waals surface area contributed by atoms with E-state index in [1.54, 1.807) is 13.0 Å². The second-order valence-electron chi connectivity index (χ2n) is 4.02. The number of ketones is 1. The minimum Gasteiger partial charge on any atom is -0.347 e. The predicted molar refractivity (Wildman–Crippen MR) is 66.7 cm³/mol. The van der Waals surface area contributed by atoms with Gasteiger partial charge in [-0.3, -0.25) is 4.79 Å². The van der Waals surface area contributed by atoms with Gasteiger partial charge in [0.2, 0.25) is 5.76 Å². The summed E-state index contributed by atoms with van der Waals surface area (Å²) in [5, 5.41) is 2.79. The maximum Gasteiger partial charge on any atom is 0.209 e. The van der Waals surface area contributed by atoms with Crippen LogP contribution < -0.4 is 0 Å². The van der Waals surface area contributed by atoms with Crippen molar-refractivity contribution < 1.29 is 17.7 Å². The highest BCUT2D eigenvalue weighted by molar-refractivity contribution is 7.92. The van der Waals surface area contributed by atoms with Crippen LogP contribution in [-0.2, 0) is 21.1 Å². The van der Waals surface area contributed by atoms with Gasteiger partial charge in [0.25, 0.3) is 0 Å². The number of Topliss-reactive ketones (excluding diaryl/α,β-unsaturated/α-hetero) is 1. The van der Waals surface area contributed by atoms with Crippen molar-refractivity contribution in [3.05, 3.63) is 17.5 Å². The van der Waals surface area contributed by atoms with Crippen molar-refractivity contribution in [2.24, 2.45) is 0 Å². The second-order valence-corrected chi connectivity index (χ2v) is 6.25. The molecule has 1 aromatic rings. The number of carbonyl (C=O) groups excluding carboxylic acids is 1. The topological polar surface area (TPSA) is 77.2 Å². The third kappa shape index (κ3) is 4.00. The molecule has 18 heavy (non-hydrogen) atoms. The summed E-state index contributed by atoms with van der Waals surface area (Å²) in [4.78, 5) is 11.3. The molecular formula is C12H15NO4S. The zero-order valence-electron chi connectivity index (χ0n) is 10.6. The number of nitrogens with zero attached hydrogens (tertiary/aromatic N) is 1. The maximum atomic E-state index is 11.4. The molecule has 0 N–H and O–H groups in total. The highest BCUT2D eigenvalue weighted by Crippen LogP contribution is 2.12. The van der Waals surface area contributed by atoms with Gasteiger partial charge in [-0.1, -0.05) is 11.1 Å². The first-order valence-electron chi connectivity index (χ1n) is 5.42. The first-order valence-corrected chi connectivity index (χ1v) is 7.37. The summed E-state index contributed by atoms with van der Waals surface area (Å²) in [7, 11) is -3.37. The zero-order valence-corrected chi connectivity index (χ0v) is 11.4. The summed E-state index contributed by atoms with van der Waals surface area (Å²) in [6, 6.07) is 1.65. The van der Waals surface area contributed by atoms with Gasteiger partial charge in [-0.25, -0.2) is 8.42 Å². The van der Waals surface area contributed by atoms with Crippen LogP contribution in [0, 0.1) is 11.8 Å². The third-order valence-corrected chi connectivity index (χ3v) is 4.04. The van der Waals surface area contributed by atoms with Gasteiger partial charge in [-0.05, 0) is 32.6 Å². The van der Waals surface area contributed by atoms with Gasteiger partial charge in [0, 0.05) is 12.3 Å². The Morgan fingerprint density at radius 3 is 2.72 bits per heavy atom. The molecule has 1 unspecified atom stereocenters. The van der Waals surface area contributed by atoms with E-state index in [4.69, 9.17) is 4.52 Å². The Morgan fingerprint density at radius 1 is 1.56 bits per heavy atom. The first kappa shape index (κ1) is 14.5. The molecule has 0 saturated carbocycles. The molecule has 98 valence electrons. The van der Waals surface area contributed by atoms with Crippen molar-refractivity contribution >= 4 is 15.6 Å². The summed E-state index contributed by atoms with van der Waals surface area (Å²) >= 11 is 0. The molecule has 0 saturated heterocycles. The highest BCUT2D eigenvalue weighted by atomic mass is 32.2. The minimum atomic E-state index is -3.37. The number of hydrogen-bond donors (Lipinski definition) is 0. The Morgan fingerprint density at radius 2 is 2.22 bits per heavy atom. The predicted octanol–water partition coefficient (Wildman–Crippen LogP) is 0.981. The van der Waals surface area contributed by atoms with Gasteiger partial charge in [-0.2, -0.15) is 0 Å². The molecule has 0 aliphatic heterocycles. The van der Waals surface area contributed by atoms with Gasteiger partial charge in [0.15, 0.2) is 9.84 Å². The number of aromatic nitrogens is 1. The minimum absolute atomic E-state index is 0.208. The molecule has 0 aromatic carbocycles. The molecule has 0 radical (unpaired) electrons. The molecule has 0 amide bonds. The van der Waals surface area contributed by atoms with Crippen molar-refractivity contribution in [1.82, 2.24) is 5.16 Å². The van der Waals surface area contributed by atoms with E-state index in [0.717, 1.165) is 6.26 Å². The smallest absolute Gasteiger partial charge is 0.209 e. The number of rotatable bonds is 5. The fraction of sp³-hybridized carbons (Fsp3) is 0.500. The standard InChI is InChI=1S/C12H15NO4S/c1-4-5-11-8-10(13-17-11)6-7-12(9(2)14)18(3,15)16/h8,12H,6-7H2,1-3H3. The van der Waals surface area contributed by atoms with Crippen molar-refractivity contribution in [3.63, 3.8) is 0 Å². The molecule has 0 spiro atoms. The molecule has 0 aliphatic carbocycles. The Labute approximate surface area is 106 Å². The maximum absolute atomic E-state index is 11.4. The lowest BCUT2D eigenvalue weighted by Gasteiger charge is -2.09. The van der Waals surface area contributed by atoms with Crippen LogP contribution in [0.15, 0.2) is 10.6 Å². The van der Waals surface area contributed by atoms with Crippen LogP contribution in [0.5, 0.6) is 0 Å². The quantitative estimate of drug-likeness (QED) is 0.745. The SMILES string of the molecule is CC#Cc1cc(CCC(C(C)=O)S(C)(=O)=O)no1. The Bertz CT molecular complexity index is 589. The average molecular weight is 269 g/mol. The first-order chi connectivity index (χ1) is 8.34. The van der Waals surface area contributed by atoms with E-state index in [9.17, 15) is 13.2 Å². The molecule has 1 aromatic heterocycles. The van der Waals surface area contributed by atoms with Crippen molar-refractivity contribution in [2.75, 3.05) is 6.26 Å². The number of aryl methyl sites for hydroxylation is 1. The van der Waals surface area contributed by atoms with Gasteiger partial charge < -0.3 is 4.52 Å². The average Bonchev–Trinajstić information content (AvgIpc) is 2.64. The largest absolute Gasteiger partial charge is 0.347 e. The van der Waals surface area contributed by atoms with E-state index in [2.05, 4.69) is 17.0 Å². The van der Waals surface area contributed by atoms with Gasteiger partial charge in [-0.15, -0.1) is 0 Å². The molecule has 1 atom stereocenters. The highest BCUT2D eigenvalue weighted by Gasteiger charge is 2.25. The fourth-order valence-electron chi connectivity index (χ4n) is 1.61. The summed E-state index contributed by atoms with van der Waals surface area (Å²) < 4.78 is 27.8. The van der Waals surface area contributed by atoms with E-state index in [-0.39, 0.29) is 12.2 Å². The third-order valence-electron chi connectivity index (χ3n) is 2.44. The van der Waals surface area contributed by atoms with Crippen molar-refractivity contribution in [2.45, 2.75) is 31.9 Å². The second kappa shape index (κ2) is 5.83. The molecule has 6 heteroatoms. The summed E-state index contributed by atoms with van der Waals surface area (Å²) in [5.41, 5.74) is 0.600. The normalized spacial score (nSPS) is 12.6. The molecular weight excluding hydrogens is 254 g/mol. The van der Waals surface area contributed by atoms with E-state index in [0.29, 0.717) is 17.9 Å². The molecule has 5 nitrogen and oxygen atoms in total. The van der Waals surface area contributed by atoms with Crippen LogP contribution in [0.4, 0.5) is 0 Å². The molecule has 1 heterocycles. The van der Waals surface area contributed by atoms with Gasteiger partial charge in [0.05, 0.1) is 5.69 Å². The van der Waals surface area contributed by atoms with Crippen LogP contribution in [-0.4, -0.2) is 30.9 Å². The number of hydrogen-bond acceptors (Lipinski definition) is 5. The van der Waals surface area contributed by atoms with E-state index in [1.807, 2.05) is 0 Å². The van der Waals surface area contributed by atoms with Crippen LogP contribution in [0.3, 0.4) is 0 Å². The lowest BCUT2D eigenvalue weighted by molar-refractivity contribution is -0.116.